The Balaban J connectivity index is 2.02. The molecule has 1 aliphatic rings. The minimum absolute atomic E-state index is 0.0566. The smallest absolute Gasteiger partial charge is 0.340 e. The average Bonchev–Trinajstić information content (AvgIpc) is 3.32. The predicted molar refractivity (Wildman–Crippen MR) is 115 cm³/mol. The third kappa shape index (κ3) is 4.34. The zero-order valence-corrected chi connectivity index (χ0v) is 17.6. The van der Waals surface area contributed by atoms with Gasteiger partial charge in [0.2, 0.25) is 5.88 Å². The molecule has 166 valence electrons. The molecule has 1 fully saturated rings. The number of esters is 1. The van der Waals surface area contributed by atoms with Crippen molar-refractivity contribution >= 4 is 5.97 Å². The Morgan fingerprint density at radius 2 is 1.56 bits per heavy atom. The summed E-state index contributed by atoms with van der Waals surface area (Å²) < 4.78 is 38.4. The highest BCUT2D eigenvalue weighted by molar-refractivity contribution is 6.04. The van der Waals surface area contributed by atoms with Gasteiger partial charge >= 0.3 is 5.97 Å². The molecule has 0 spiro atoms. The van der Waals surface area contributed by atoms with Crippen LogP contribution >= 0.6 is 0 Å². The van der Waals surface area contributed by atoms with Gasteiger partial charge in [0.1, 0.15) is 17.7 Å². The number of nitrogens with zero attached hydrogens (tertiary/aromatic N) is 1. The highest BCUT2D eigenvalue weighted by Crippen LogP contribution is 2.40. The van der Waals surface area contributed by atoms with E-state index in [1.807, 2.05) is 0 Å². The summed E-state index contributed by atoms with van der Waals surface area (Å²) in [6.07, 6.45) is 3.75. The van der Waals surface area contributed by atoms with E-state index in [0.29, 0.717) is 22.3 Å². The molecule has 5 nitrogen and oxygen atoms in total. The summed E-state index contributed by atoms with van der Waals surface area (Å²) in [4.78, 5) is 17.5. The molecule has 1 N–H and O–H groups in total. The molecule has 7 heteroatoms. The van der Waals surface area contributed by atoms with Gasteiger partial charge in [0.25, 0.3) is 0 Å². The first-order valence-electron chi connectivity index (χ1n) is 10.5. The Morgan fingerprint density at radius 1 is 1.00 bits per heavy atom. The van der Waals surface area contributed by atoms with E-state index < -0.39 is 24.2 Å². The number of aliphatic hydroxyl groups excluding tert-OH is 1. The molecule has 1 aliphatic carbocycles. The van der Waals surface area contributed by atoms with Crippen LogP contribution in [-0.2, 0) is 11.3 Å². The van der Waals surface area contributed by atoms with Crippen LogP contribution in [0, 0.1) is 11.6 Å². The highest BCUT2D eigenvalue weighted by atomic mass is 19.1. The molecular weight excluding hydrogens is 416 g/mol. The van der Waals surface area contributed by atoms with Crippen molar-refractivity contribution in [2.45, 2.75) is 38.4 Å². The molecule has 0 aliphatic heterocycles. The number of aromatic nitrogens is 1. The fourth-order valence-corrected chi connectivity index (χ4v) is 4.06. The van der Waals surface area contributed by atoms with Gasteiger partial charge < -0.3 is 14.6 Å². The van der Waals surface area contributed by atoms with Crippen molar-refractivity contribution in [1.29, 1.82) is 0 Å². The van der Waals surface area contributed by atoms with Gasteiger partial charge in [0.15, 0.2) is 0 Å². The van der Waals surface area contributed by atoms with Crippen molar-refractivity contribution < 1.29 is 28.2 Å². The van der Waals surface area contributed by atoms with Crippen LogP contribution in [0.5, 0.6) is 5.88 Å². The van der Waals surface area contributed by atoms with Gasteiger partial charge in [-0.3, -0.25) is 0 Å². The lowest BCUT2D eigenvalue weighted by Gasteiger charge is -2.22. The van der Waals surface area contributed by atoms with E-state index in [2.05, 4.69) is 4.98 Å². The van der Waals surface area contributed by atoms with E-state index in [-0.39, 0.29) is 23.2 Å². The van der Waals surface area contributed by atoms with Crippen molar-refractivity contribution in [3.8, 4) is 28.3 Å². The quantitative estimate of drug-likeness (QED) is 0.529. The van der Waals surface area contributed by atoms with Crippen LogP contribution in [0.25, 0.3) is 22.4 Å². The molecule has 0 radical (unpaired) electrons. The number of hydrogen-bond acceptors (Lipinski definition) is 5. The molecular formula is C25H23F2NO4. The number of pyridine rings is 1. The SMILES string of the molecule is COC(=O)c1c(-c2ccc(F)cc2)nc(OC2CCCC2)c(CO)c1-c1ccc(F)cc1. The third-order valence-electron chi connectivity index (χ3n) is 5.64. The molecule has 0 saturated heterocycles. The fourth-order valence-electron chi connectivity index (χ4n) is 4.06. The summed E-state index contributed by atoms with van der Waals surface area (Å²) in [6, 6.07) is 11.1. The Kier molecular flexibility index (Phi) is 6.46. The van der Waals surface area contributed by atoms with E-state index in [9.17, 15) is 18.7 Å². The summed E-state index contributed by atoms with van der Waals surface area (Å²) in [7, 11) is 1.24. The molecule has 3 aromatic rings. The lowest BCUT2D eigenvalue weighted by atomic mass is 9.91. The van der Waals surface area contributed by atoms with Crippen LogP contribution in [0.3, 0.4) is 0 Å². The number of aliphatic hydroxyl groups is 1. The van der Waals surface area contributed by atoms with Crippen molar-refractivity contribution in [2.75, 3.05) is 7.11 Å². The van der Waals surface area contributed by atoms with Crippen molar-refractivity contribution in [3.63, 3.8) is 0 Å². The second-order valence-electron chi connectivity index (χ2n) is 7.68. The van der Waals surface area contributed by atoms with Gasteiger partial charge in [0.05, 0.1) is 25.0 Å². The van der Waals surface area contributed by atoms with E-state index in [1.165, 1.54) is 55.6 Å². The van der Waals surface area contributed by atoms with Crippen LogP contribution in [0.4, 0.5) is 8.78 Å². The summed E-state index contributed by atoms with van der Waals surface area (Å²) in [5, 5.41) is 10.3. The molecule has 1 saturated carbocycles. The van der Waals surface area contributed by atoms with E-state index in [0.717, 1.165) is 25.7 Å². The maximum Gasteiger partial charge on any atom is 0.340 e. The Morgan fingerprint density at radius 3 is 2.09 bits per heavy atom. The van der Waals surface area contributed by atoms with Gasteiger partial charge in [-0.05, 0) is 67.6 Å². The van der Waals surface area contributed by atoms with Crippen LogP contribution < -0.4 is 4.74 Å². The minimum Gasteiger partial charge on any atom is -0.474 e. The zero-order chi connectivity index (χ0) is 22.7. The van der Waals surface area contributed by atoms with Crippen LogP contribution in [-0.4, -0.2) is 29.3 Å². The third-order valence-corrected chi connectivity index (χ3v) is 5.64. The second-order valence-corrected chi connectivity index (χ2v) is 7.68. The highest BCUT2D eigenvalue weighted by Gasteiger charge is 2.29. The predicted octanol–water partition coefficient (Wildman–Crippen LogP) is 5.29. The summed E-state index contributed by atoms with van der Waals surface area (Å²) in [5.74, 6) is -1.35. The standard InChI is InChI=1S/C25H23F2NO4/c1-31-25(30)22-21(15-6-10-17(26)11-7-15)20(14-29)24(32-19-4-2-3-5-19)28-23(22)16-8-12-18(27)13-9-16/h6-13,19,29H,2-5,14H2,1H3. The first kappa shape index (κ1) is 21.9. The fraction of sp³-hybridized carbons (Fsp3) is 0.280. The van der Waals surface area contributed by atoms with Crippen molar-refractivity contribution in [1.82, 2.24) is 4.98 Å². The number of hydrogen-bond donors (Lipinski definition) is 1. The minimum atomic E-state index is -0.682. The topological polar surface area (TPSA) is 68.7 Å². The number of ether oxygens (including phenoxy) is 2. The summed E-state index contributed by atoms with van der Waals surface area (Å²) in [5.41, 5.74) is 1.97. The first-order chi connectivity index (χ1) is 15.5. The monoisotopic (exact) mass is 439 g/mol. The molecule has 1 heterocycles. The molecule has 0 bridgehead atoms. The molecule has 4 rings (SSSR count). The van der Waals surface area contributed by atoms with Gasteiger partial charge in [-0.25, -0.2) is 18.6 Å². The number of carbonyl (C=O) groups excluding carboxylic acids is 1. The normalized spacial score (nSPS) is 13.9. The Hall–Kier alpha value is -3.32. The largest absolute Gasteiger partial charge is 0.474 e. The summed E-state index contributed by atoms with van der Waals surface area (Å²) in [6.45, 7) is -0.449. The van der Waals surface area contributed by atoms with Gasteiger partial charge in [0, 0.05) is 16.7 Å². The molecule has 0 amide bonds. The lowest BCUT2D eigenvalue weighted by molar-refractivity contribution is 0.0601. The molecule has 0 atom stereocenters. The van der Waals surface area contributed by atoms with Gasteiger partial charge in [-0.2, -0.15) is 0 Å². The molecule has 2 aromatic carbocycles. The van der Waals surface area contributed by atoms with Crippen LogP contribution in [0.1, 0.15) is 41.6 Å². The van der Waals surface area contributed by atoms with Gasteiger partial charge in [-0.1, -0.05) is 12.1 Å². The number of halogens is 2. The number of rotatable bonds is 6. The Bertz CT molecular complexity index is 1110. The van der Waals surface area contributed by atoms with E-state index in [4.69, 9.17) is 9.47 Å². The Labute approximate surface area is 184 Å². The summed E-state index contributed by atoms with van der Waals surface area (Å²) >= 11 is 0. The lowest BCUT2D eigenvalue weighted by Crippen LogP contribution is -2.17. The average molecular weight is 439 g/mol. The number of carbonyl (C=O) groups is 1. The molecule has 0 unspecified atom stereocenters. The van der Waals surface area contributed by atoms with Crippen molar-refractivity contribution in [2.24, 2.45) is 0 Å². The van der Waals surface area contributed by atoms with Gasteiger partial charge in [-0.15, -0.1) is 0 Å². The molecule has 1 aromatic heterocycles. The number of methoxy groups -OCH3 is 1. The maximum atomic E-state index is 13.6. The van der Waals surface area contributed by atoms with Crippen LogP contribution in [0.2, 0.25) is 0 Å². The van der Waals surface area contributed by atoms with Crippen molar-refractivity contribution in [3.05, 3.63) is 71.3 Å². The molecule has 32 heavy (non-hydrogen) atoms. The maximum absolute atomic E-state index is 13.6. The van der Waals surface area contributed by atoms with E-state index >= 15 is 0 Å². The zero-order valence-electron chi connectivity index (χ0n) is 17.6. The van der Waals surface area contributed by atoms with E-state index in [1.54, 1.807) is 0 Å². The second kappa shape index (κ2) is 9.44. The first-order valence-corrected chi connectivity index (χ1v) is 10.5. The van der Waals surface area contributed by atoms with Crippen LogP contribution in [0.15, 0.2) is 48.5 Å². The number of benzene rings is 2.